The van der Waals surface area contributed by atoms with Gasteiger partial charge in [0.1, 0.15) is 5.75 Å². The second-order valence-electron chi connectivity index (χ2n) is 7.03. The van der Waals surface area contributed by atoms with Crippen LogP contribution in [0, 0.1) is 5.92 Å². The van der Waals surface area contributed by atoms with Crippen molar-refractivity contribution in [3.05, 3.63) is 54.6 Å². The fourth-order valence-corrected chi connectivity index (χ4v) is 3.19. The molecule has 1 fully saturated rings. The van der Waals surface area contributed by atoms with E-state index in [0.29, 0.717) is 19.4 Å². The molecule has 4 heteroatoms. The zero-order valence-corrected chi connectivity index (χ0v) is 15.5. The minimum Gasteiger partial charge on any atom is -0.494 e. The molecule has 0 aromatic heterocycles. The van der Waals surface area contributed by atoms with Crippen molar-refractivity contribution in [3.8, 4) is 5.75 Å². The van der Waals surface area contributed by atoms with Crippen LogP contribution < -0.4 is 15.0 Å². The number of nitrogens with zero attached hydrogens (tertiary/aromatic N) is 1. The fourth-order valence-electron chi connectivity index (χ4n) is 3.19. The molecule has 1 N–H and O–H groups in total. The summed E-state index contributed by atoms with van der Waals surface area (Å²) in [6.07, 6.45) is 3.66. The number of carbonyl (C=O) groups excluding carboxylic acids is 1. The van der Waals surface area contributed by atoms with Crippen molar-refractivity contribution in [2.24, 2.45) is 5.92 Å². The van der Waals surface area contributed by atoms with E-state index in [-0.39, 0.29) is 5.91 Å². The molecule has 4 nitrogen and oxygen atoms in total. The van der Waals surface area contributed by atoms with Crippen LogP contribution in [-0.2, 0) is 4.79 Å². The molecule has 1 amide bonds. The Bertz CT molecular complexity index is 677. The number of ether oxygens (including phenoxy) is 1. The first-order chi connectivity index (χ1) is 12.7. The predicted octanol–water partition coefficient (Wildman–Crippen LogP) is 4.72. The number of carbonyl (C=O) groups is 1. The third kappa shape index (κ3) is 5.51. The van der Waals surface area contributed by atoms with Crippen molar-refractivity contribution in [2.75, 3.05) is 29.9 Å². The van der Waals surface area contributed by atoms with Crippen LogP contribution >= 0.6 is 0 Å². The monoisotopic (exact) mass is 352 g/mol. The minimum absolute atomic E-state index is 0.0289. The average molecular weight is 352 g/mol. The molecule has 0 spiro atoms. The van der Waals surface area contributed by atoms with Gasteiger partial charge in [-0.05, 0) is 61.6 Å². The van der Waals surface area contributed by atoms with Gasteiger partial charge in [0.15, 0.2) is 0 Å². The average Bonchev–Trinajstić information content (AvgIpc) is 2.67. The van der Waals surface area contributed by atoms with E-state index in [2.05, 4.69) is 29.3 Å². The fraction of sp³-hybridized carbons (Fsp3) is 0.409. The number of benzene rings is 2. The lowest BCUT2D eigenvalue weighted by Crippen LogP contribution is -2.32. The first kappa shape index (κ1) is 18.3. The predicted molar refractivity (Wildman–Crippen MR) is 107 cm³/mol. The van der Waals surface area contributed by atoms with Crippen molar-refractivity contribution in [1.29, 1.82) is 0 Å². The van der Waals surface area contributed by atoms with Gasteiger partial charge in [-0.3, -0.25) is 4.79 Å². The second-order valence-corrected chi connectivity index (χ2v) is 7.03. The highest BCUT2D eigenvalue weighted by Crippen LogP contribution is 2.24. The first-order valence-corrected chi connectivity index (χ1v) is 9.53. The Morgan fingerprint density at radius 2 is 1.77 bits per heavy atom. The molecule has 3 rings (SSSR count). The summed E-state index contributed by atoms with van der Waals surface area (Å²) in [7, 11) is 0. The number of rotatable bonds is 7. The molecule has 0 unspecified atom stereocenters. The van der Waals surface area contributed by atoms with Crippen molar-refractivity contribution < 1.29 is 9.53 Å². The Morgan fingerprint density at radius 3 is 2.46 bits per heavy atom. The Labute approximate surface area is 156 Å². The summed E-state index contributed by atoms with van der Waals surface area (Å²) in [4.78, 5) is 14.5. The Hall–Kier alpha value is -2.49. The van der Waals surface area contributed by atoms with Crippen molar-refractivity contribution in [1.82, 2.24) is 0 Å². The van der Waals surface area contributed by atoms with Crippen LogP contribution in [0.3, 0.4) is 0 Å². The molecular formula is C22H28N2O2. The summed E-state index contributed by atoms with van der Waals surface area (Å²) < 4.78 is 5.61. The van der Waals surface area contributed by atoms with E-state index in [9.17, 15) is 4.79 Å². The molecule has 26 heavy (non-hydrogen) atoms. The molecule has 1 saturated heterocycles. The third-order valence-electron chi connectivity index (χ3n) is 4.86. The zero-order valence-electron chi connectivity index (χ0n) is 15.5. The second kappa shape index (κ2) is 9.27. The van der Waals surface area contributed by atoms with Gasteiger partial charge < -0.3 is 15.0 Å². The van der Waals surface area contributed by atoms with E-state index in [0.717, 1.165) is 30.4 Å². The van der Waals surface area contributed by atoms with Gasteiger partial charge in [-0.25, -0.2) is 0 Å². The van der Waals surface area contributed by atoms with E-state index in [1.165, 1.54) is 18.5 Å². The molecule has 138 valence electrons. The van der Waals surface area contributed by atoms with Gasteiger partial charge in [0.25, 0.3) is 0 Å². The lowest BCUT2D eigenvalue weighted by atomic mass is 9.99. The largest absolute Gasteiger partial charge is 0.494 e. The standard InChI is InChI=1S/C22H28N2O2/c1-18-13-15-24(16-14-18)20-11-9-19(10-12-20)23-22(25)8-5-17-26-21-6-3-2-4-7-21/h2-4,6-7,9-12,18H,5,8,13-17H2,1H3,(H,23,25). The molecule has 0 saturated carbocycles. The van der Waals surface area contributed by atoms with Crippen LogP contribution in [0.15, 0.2) is 54.6 Å². The molecule has 0 atom stereocenters. The summed E-state index contributed by atoms with van der Waals surface area (Å²) in [6, 6.07) is 17.9. The summed E-state index contributed by atoms with van der Waals surface area (Å²) >= 11 is 0. The summed E-state index contributed by atoms with van der Waals surface area (Å²) in [5, 5.41) is 2.96. The molecule has 0 bridgehead atoms. The van der Waals surface area contributed by atoms with Crippen LogP contribution in [0.2, 0.25) is 0 Å². The Kier molecular flexibility index (Phi) is 6.53. The summed E-state index contributed by atoms with van der Waals surface area (Å²) in [5.41, 5.74) is 2.10. The molecule has 2 aromatic carbocycles. The first-order valence-electron chi connectivity index (χ1n) is 9.53. The molecule has 0 aliphatic carbocycles. The van der Waals surface area contributed by atoms with Gasteiger partial charge in [0.2, 0.25) is 5.91 Å². The van der Waals surface area contributed by atoms with Crippen LogP contribution in [-0.4, -0.2) is 25.6 Å². The minimum atomic E-state index is 0.0289. The topological polar surface area (TPSA) is 41.6 Å². The number of para-hydroxylation sites is 1. The lowest BCUT2D eigenvalue weighted by Gasteiger charge is -2.32. The smallest absolute Gasteiger partial charge is 0.224 e. The van der Waals surface area contributed by atoms with E-state index in [1.54, 1.807) is 0 Å². The van der Waals surface area contributed by atoms with Gasteiger partial charge in [-0.15, -0.1) is 0 Å². The summed E-state index contributed by atoms with van der Waals surface area (Å²) in [6.45, 7) is 5.10. The normalized spacial score (nSPS) is 14.9. The number of amides is 1. The maximum atomic E-state index is 12.1. The number of nitrogens with one attached hydrogen (secondary N) is 1. The highest BCUT2D eigenvalue weighted by Gasteiger charge is 2.15. The van der Waals surface area contributed by atoms with Crippen molar-refractivity contribution in [3.63, 3.8) is 0 Å². The Morgan fingerprint density at radius 1 is 1.08 bits per heavy atom. The molecular weight excluding hydrogens is 324 g/mol. The van der Waals surface area contributed by atoms with Crippen LogP contribution in [0.1, 0.15) is 32.6 Å². The van der Waals surface area contributed by atoms with Crippen molar-refractivity contribution in [2.45, 2.75) is 32.6 Å². The molecule has 2 aromatic rings. The highest BCUT2D eigenvalue weighted by atomic mass is 16.5. The number of hydrogen-bond donors (Lipinski definition) is 1. The van der Waals surface area contributed by atoms with Crippen LogP contribution in [0.5, 0.6) is 5.75 Å². The van der Waals surface area contributed by atoms with Gasteiger partial charge in [0, 0.05) is 30.9 Å². The highest BCUT2D eigenvalue weighted by molar-refractivity contribution is 5.90. The van der Waals surface area contributed by atoms with Gasteiger partial charge in [-0.2, -0.15) is 0 Å². The van der Waals surface area contributed by atoms with Crippen molar-refractivity contribution >= 4 is 17.3 Å². The molecule has 1 aliphatic heterocycles. The van der Waals surface area contributed by atoms with Crippen LogP contribution in [0.4, 0.5) is 11.4 Å². The van der Waals surface area contributed by atoms with Gasteiger partial charge in [-0.1, -0.05) is 25.1 Å². The Balaban J connectivity index is 1.38. The third-order valence-corrected chi connectivity index (χ3v) is 4.86. The molecule has 1 aliphatic rings. The lowest BCUT2D eigenvalue weighted by molar-refractivity contribution is -0.116. The van der Waals surface area contributed by atoms with E-state index < -0.39 is 0 Å². The zero-order chi connectivity index (χ0) is 18.2. The summed E-state index contributed by atoms with van der Waals surface area (Å²) in [5.74, 6) is 1.70. The SMILES string of the molecule is CC1CCN(c2ccc(NC(=O)CCCOc3ccccc3)cc2)CC1. The van der Waals surface area contributed by atoms with E-state index >= 15 is 0 Å². The van der Waals surface area contributed by atoms with E-state index in [4.69, 9.17) is 4.74 Å². The van der Waals surface area contributed by atoms with Crippen LogP contribution in [0.25, 0.3) is 0 Å². The number of piperidine rings is 1. The van der Waals surface area contributed by atoms with Gasteiger partial charge >= 0.3 is 0 Å². The maximum absolute atomic E-state index is 12.1. The number of hydrogen-bond acceptors (Lipinski definition) is 3. The quantitative estimate of drug-likeness (QED) is 0.733. The van der Waals surface area contributed by atoms with Gasteiger partial charge in [0.05, 0.1) is 6.61 Å². The maximum Gasteiger partial charge on any atom is 0.224 e. The molecule has 0 radical (unpaired) electrons. The number of anilines is 2. The van der Waals surface area contributed by atoms with E-state index in [1.807, 2.05) is 42.5 Å². The molecule has 1 heterocycles.